The van der Waals surface area contributed by atoms with Crippen LogP contribution in [0, 0.1) is 5.82 Å². The molecule has 6 atom stereocenters. The van der Waals surface area contributed by atoms with E-state index in [1.54, 1.807) is 30.3 Å². The number of nitrogens with zero attached hydrogens (tertiary/aromatic N) is 2. The molecule has 2 aromatic carbocycles. The van der Waals surface area contributed by atoms with Crippen molar-refractivity contribution in [3.05, 3.63) is 76.8 Å². The van der Waals surface area contributed by atoms with Crippen LogP contribution in [0.25, 0.3) is 0 Å². The summed E-state index contributed by atoms with van der Waals surface area (Å²) >= 11 is 0. The van der Waals surface area contributed by atoms with Gasteiger partial charge in [-0.05, 0) is 75.1 Å². The molecule has 1 saturated heterocycles. The lowest BCUT2D eigenvalue weighted by Crippen LogP contribution is -2.61. The lowest BCUT2D eigenvalue weighted by atomic mass is 9.94. The number of carbonyl (C=O) groups excluding carboxylic acids is 6. The van der Waals surface area contributed by atoms with Crippen molar-refractivity contribution in [2.75, 3.05) is 28.3 Å². The molecule has 16 heteroatoms. The van der Waals surface area contributed by atoms with Gasteiger partial charge in [-0.3, -0.25) is 28.8 Å². The van der Waals surface area contributed by atoms with Gasteiger partial charge in [-0.15, -0.1) is 0 Å². The smallest absolute Gasteiger partial charge is 0.245 e. The highest BCUT2D eigenvalue weighted by Gasteiger charge is 2.37. The third kappa shape index (κ3) is 9.47. The van der Waals surface area contributed by atoms with E-state index in [9.17, 15) is 33.2 Å². The molecule has 3 aliphatic heterocycles. The maximum atomic E-state index is 14.7. The van der Waals surface area contributed by atoms with Gasteiger partial charge in [-0.25, -0.2) is 4.39 Å². The van der Waals surface area contributed by atoms with E-state index in [1.807, 2.05) is 6.08 Å². The van der Waals surface area contributed by atoms with Gasteiger partial charge in [0.15, 0.2) is 23.1 Å². The largest absolute Gasteiger partial charge is 0.494 e. The summed E-state index contributed by atoms with van der Waals surface area (Å²) in [4.78, 5) is 85.9. The van der Waals surface area contributed by atoms with E-state index in [1.165, 1.54) is 66.1 Å². The number of rotatable bonds is 4. The molecule has 6 rings (SSSR count). The van der Waals surface area contributed by atoms with E-state index < -0.39 is 77.5 Å². The Morgan fingerprint density at radius 2 is 1.36 bits per heavy atom. The summed E-state index contributed by atoms with van der Waals surface area (Å²) in [7, 11) is 5.64. The summed E-state index contributed by atoms with van der Waals surface area (Å²) in [6.45, 7) is 4.31. The second-order valence-electron chi connectivity index (χ2n) is 14.3. The molecule has 4 N–H and O–H groups in total. The Bertz CT molecular complexity index is 1950. The molecule has 1 fully saturated rings. The number of carbonyl (C=O) groups is 6. The quantitative estimate of drug-likeness (QED) is 0.359. The summed E-state index contributed by atoms with van der Waals surface area (Å²) in [5.74, 6) is -3.16. The molecule has 0 spiro atoms. The van der Waals surface area contributed by atoms with Gasteiger partial charge >= 0.3 is 0 Å². The first-order valence-corrected chi connectivity index (χ1v) is 18.4. The fourth-order valence-electron chi connectivity index (χ4n) is 6.89. The Morgan fingerprint density at radius 3 is 2.00 bits per heavy atom. The molecule has 56 heavy (non-hydrogen) atoms. The number of benzene rings is 2. The zero-order valence-electron chi connectivity index (χ0n) is 32.6. The molecular formula is C40H49FN6O9. The van der Waals surface area contributed by atoms with E-state index in [0.29, 0.717) is 41.2 Å². The Balaban J connectivity index is 1.54. The minimum Gasteiger partial charge on any atom is -0.494 e. The van der Waals surface area contributed by atoms with Crippen LogP contribution in [-0.2, 0) is 41.6 Å². The molecular weight excluding hydrogens is 727 g/mol. The van der Waals surface area contributed by atoms with E-state index >= 15 is 0 Å². The first-order chi connectivity index (χ1) is 26.6. The number of hydrogen-bond acceptors (Lipinski definition) is 9. The van der Waals surface area contributed by atoms with Gasteiger partial charge in [0.05, 0.1) is 14.2 Å². The van der Waals surface area contributed by atoms with Gasteiger partial charge in [0, 0.05) is 33.4 Å². The molecule has 3 heterocycles. The average molecular weight is 777 g/mol. The monoisotopic (exact) mass is 776 g/mol. The van der Waals surface area contributed by atoms with Crippen molar-refractivity contribution in [3.8, 4) is 17.2 Å². The van der Waals surface area contributed by atoms with Crippen molar-refractivity contribution >= 4 is 35.4 Å². The molecule has 15 nitrogen and oxygen atoms in total. The summed E-state index contributed by atoms with van der Waals surface area (Å²) in [5.41, 5.74) is 1.80. The standard InChI is InChI=1S/C40H49FN6O9/c1-21-35(48)43-22(2)39(52)47(5)31(19-25-10-14-32(54-6)28(41)16-25)37(50)44-23(3)40(53)46(4)30-18-24-8-12-27(13-9-24)56-34-20-26(11-15-33(34)55-7)17-29(36(49)42-21)45-38(30)51/h8,10-12,14-16,20-23,29-31H,9,13,17-19H2,1-7H3,(H,42,49)(H,43,48)(H,44,50)(H,45,51)/t21-,22+,23+,29+,30+,31+/m1/s1. The number of amides is 6. The average Bonchev–Trinajstić information content (AvgIpc) is 3.17. The number of hydrogen-bond donors (Lipinski definition) is 4. The maximum Gasteiger partial charge on any atom is 0.245 e. The minimum absolute atomic E-state index is 0.0102. The Kier molecular flexibility index (Phi) is 13.0. The Labute approximate surface area is 325 Å². The van der Waals surface area contributed by atoms with Gasteiger partial charge in [-0.2, -0.15) is 0 Å². The highest BCUT2D eigenvalue weighted by atomic mass is 19.1. The summed E-state index contributed by atoms with van der Waals surface area (Å²) in [6.07, 6.45) is 4.56. The van der Waals surface area contributed by atoms with Crippen LogP contribution >= 0.6 is 0 Å². The zero-order chi connectivity index (χ0) is 40.8. The van der Waals surface area contributed by atoms with Crippen LogP contribution in [0.3, 0.4) is 0 Å². The van der Waals surface area contributed by atoms with Gasteiger partial charge in [0.1, 0.15) is 42.0 Å². The highest BCUT2D eigenvalue weighted by Crippen LogP contribution is 2.33. The number of likely N-dealkylation sites (N-methyl/N-ethyl adjacent to an activating group) is 2. The molecule has 0 unspecified atom stereocenters. The zero-order valence-corrected chi connectivity index (χ0v) is 32.6. The topological polar surface area (TPSA) is 185 Å². The second-order valence-corrected chi connectivity index (χ2v) is 14.3. The van der Waals surface area contributed by atoms with Crippen molar-refractivity contribution in [1.82, 2.24) is 31.1 Å². The van der Waals surface area contributed by atoms with Crippen LogP contribution in [0.5, 0.6) is 17.2 Å². The van der Waals surface area contributed by atoms with Crippen LogP contribution in [-0.4, -0.2) is 110 Å². The molecule has 300 valence electrons. The van der Waals surface area contributed by atoms with E-state index in [-0.39, 0.29) is 25.0 Å². The number of methoxy groups -OCH3 is 2. The Hall–Kier alpha value is -5.93. The molecule has 1 aliphatic carbocycles. The normalized spacial score (nSPS) is 25.6. The number of allylic oxidation sites excluding steroid dienone is 3. The molecule has 6 bridgehead atoms. The third-order valence-electron chi connectivity index (χ3n) is 10.3. The summed E-state index contributed by atoms with van der Waals surface area (Å²) in [5, 5.41) is 10.7. The number of nitrogens with one attached hydrogen (secondary N) is 4. The lowest BCUT2D eigenvalue weighted by molar-refractivity contribution is -0.145. The maximum absolute atomic E-state index is 14.7. The third-order valence-corrected chi connectivity index (χ3v) is 10.3. The van der Waals surface area contributed by atoms with Crippen LogP contribution in [0.1, 0.15) is 51.2 Å². The fourth-order valence-corrected chi connectivity index (χ4v) is 6.89. The Morgan fingerprint density at radius 1 is 0.714 bits per heavy atom. The number of ether oxygens (including phenoxy) is 3. The molecule has 0 radical (unpaired) electrons. The van der Waals surface area contributed by atoms with Crippen LogP contribution < -0.4 is 35.5 Å². The van der Waals surface area contributed by atoms with Crippen molar-refractivity contribution in [2.45, 2.75) is 89.1 Å². The van der Waals surface area contributed by atoms with Crippen molar-refractivity contribution in [2.24, 2.45) is 0 Å². The fraction of sp³-hybridized carbons (Fsp3) is 0.450. The van der Waals surface area contributed by atoms with Crippen LogP contribution in [0.4, 0.5) is 4.39 Å². The van der Waals surface area contributed by atoms with Gasteiger partial charge in [-0.1, -0.05) is 23.8 Å². The lowest BCUT2D eigenvalue weighted by Gasteiger charge is -2.34. The van der Waals surface area contributed by atoms with Crippen molar-refractivity contribution < 1.29 is 47.4 Å². The number of fused-ring (bicyclic) bond motifs is 2. The van der Waals surface area contributed by atoms with Crippen LogP contribution in [0.2, 0.25) is 0 Å². The molecule has 2 aromatic rings. The van der Waals surface area contributed by atoms with Gasteiger partial charge in [0.2, 0.25) is 35.4 Å². The summed E-state index contributed by atoms with van der Waals surface area (Å²) in [6, 6.07) is 2.11. The van der Waals surface area contributed by atoms with E-state index in [2.05, 4.69) is 21.3 Å². The molecule has 0 saturated carbocycles. The van der Waals surface area contributed by atoms with Crippen molar-refractivity contribution in [1.29, 1.82) is 0 Å². The van der Waals surface area contributed by atoms with Gasteiger partial charge < -0.3 is 45.3 Å². The van der Waals surface area contributed by atoms with E-state index in [0.717, 1.165) is 10.5 Å². The highest BCUT2D eigenvalue weighted by molar-refractivity contribution is 5.98. The predicted octanol–water partition coefficient (Wildman–Crippen LogP) is 1.68. The first-order valence-electron chi connectivity index (χ1n) is 18.4. The second kappa shape index (κ2) is 17.7. The molecule has 6 amide bonds. The van der Waals surface area contributed by atoms with Crippen molar-refractivity contribution in [3.63, 3.8) is 0 Å². The SMILES string of the molecule is COc1ccc(C[C@H]2C(=O)N[C@@H](C)C(=O)N(C)[C@H]3CC4=CC=C(CC4)Oc4cc(ccc4OC)C[C@H](NC3=O)C(=O)N[C@H](C)C(=O)N[C@@H](C)C(=O)N2C)cc1F. The first kappa shape index (κ1) is 41.2. The van der Waals surface area contributed by atoms with E-state index in [4.69, 9.17) is 14.2 Å². The number of halogens is 1. The predicted molar refractivity (Wildman–Crippen MR) is 202 cm³/mol. The van der Waals surface area contributed by atoms with Gasteiger partial charge in [0.25, 0.3) is 0 Å². The van der Waals surface area contributed by atoms with Crippen LogP contribution in [0.15, 0.2) is 59.9 Å². The molecule has 0 aromatic heterocycles. The summed E-state index contributed by atoms with van der Waals surface area (Å²) < 4.78 is 31.5. The minimum atomic E-state index is -1.27. The molecule has 4 aliphatic rings.